The average Bonchev–Trinajstić information content (AvgIpc) is 2.84. The van der Waals surface area contributed by atoms with Crippen molar-refractivity contribution in [2.24, 2.45) is 0 Å². The summed E-state index contributed by atoms with van der Waals surface area (Å²) in [5.74, 6) is -0.240. The van der Waals surface area contributed by atoms with E-state index in [0.717, 1.165) is 0 Å². The van der Waals surface area contributed by atoms with Crippen LogP contribution in [0.5, 0.6) is 5.88 Å². The number of hydrogen-bond acceptors (Lipinski definition) is 5. The van der Waals surface area contributed by atoms with Gasteiger partial charge in [-0.05, 0) is 25.0 Å². The standard InChI is InChI=1S/2C13H13FN2O/c1-3-7-17-12-6-5-11-13(16-12)9(4-2)10(14)8-15-11;1-3-7-16-12(17)6-5-11-13(16)9(4-2)10(14)8-15-11/h2*3,5-6,8H,1,4,7H2,2H3. The molecule has 4 aromatic heterocycles. The molecule has 0 radical (unpaired) electrons. The maximum absolute atomic E-state index is 13.7. The fraction of sp³-hybridized carbons (Fsp3) is 0.231. The molecule has 0 aliphatic rings. The number of pyridine rings is 4. The largest absolute Gasteiger partial charge is 0.473 e. The van der Waals surface area contributed by atoms with Crippen LogP contribution in [0.15, 0.2) is 66.8 Å². The summed E-state index contributed by atoms with van der Waals surface area (Å²) >= 11 is 0. The molecule has 0 saturated carbocycles. The zero-order valence-electron chi connectivity index (χ0n) is 19.2. The minimum Gasteiger partial charge on any atom is -0.473 e. The molecule has 0 unspecified atom stereocenters. The third kappa shape index (κ3) is 5.17. The number of allylic oxidation sites excluding steroid dienone is 1. The lowest BCUT2D eigenvalue weighted by atomic mass is 10.1. The van der Waals surface area contributed by atoms with Gasteiger partial charge in [0.1, 0.15) is 18.2 Å². The molecule has 8 heteroatoms. The van der Waals surface area contributed by atoms with E-state index in [1.165, 1.54) is 23.0 Å². The van der Waals surface area contributed by atoms with Gasteiger partial charge < -0.3 is 9.30 Å². The highest BCUT2D eigenvalue weighted by molar-refractivity contribution is 5.79. The summed E-state index contributed by atoms with van der Waals surface area (Å²) in [7, 11) is 0. The highest BCUT2D eigenvalue weighted by atomic mass is 19.1. The molecule has 34 heavy (non-hydrogen) atoms. The summed E-state index contributed by atoms with van der Waals surface area (Å²) in [6, 6.07) is 6.56. The summed E-state index contributed by atoms with van der Waals surface area (Å²) < 4.78 is 34.0. The van der Waals surface area contributed by atoms with Crippen LogP contribution in [0.3, 0.4) is 0 Å². The van der Waals surface area contributed by atoms with Crippen LogP contribution >= 0.6 is 0 Å². The molecule has 0 atom stereocenters. The van der Waals surface area contributed by atoms with Crippen LogP contribution in [0.2, 0.25) is 0 Å². The number of aryl methyl sites for hydroxylation is 2. The minimum atomic E-state index is -0.372. The Morgan fingerprint density at radius 2 is 1.59 bits per heavy atom. The van der Waals surface area contributed by atoms with Gasteiger partial charge in [0.25, 0.3) is 5.56 Å². The molecule has 0 amide bonds. The smallest absolute Gasteiger partial charge is 0.251 e. The number of nitrogens with zero attached hydrogens (tertiary/aromatic N) is 4. The zero-order valence-corrected chi connectivity index (χ0v) is 19.2. The first-order valence-electron chi connectivity index (χ1n) is 10.9. The van der Waals surface area contributed by atoms with Gasteiger partial charge in [0, 0.05) is 29.8 Å². The van der Waals surface area contributed by atoms with Crippen molar-refractivity contribution < 1.29 is 13.5 Å². The summed E-state index contributed by atoms with van der Waals surface area (Å²) in [6.07, 6.45) is 6.77. The van der Waals surface area contributed by atoms with Crippen LogP contribution in [0.25, 0.3) is 22.1 Å². The van der Waals surface area contributed by atoms with Gasteiger partial charge in [-0.1, -0.05) is 32.6 Å². The number of aromatic nitrogens is 4. The number of ether oxygens (including phenoxy) is 1. The normalized spacial score (nSPS) is 10.6. The Kier molecular flexibility index (Phi) is 8.19. The second kappa shape index (κ2) is 11.3. The van der Waals surface area contributed by atoms with Gasteiger partial charge in [-0.3, -0.25) is 14.8 Å². The van der Waals surface area contributed by atoms with Crippen LogP contribution in [0, 0.1) is 11.6 Å². The van der Waals surface area contributed by atoms with Gasteiger partial charge in [0.05, 0.1) is 34.5 Å². The van der Waals surface area contributed by atoms with Crippen molar-refractivity contribution in [3.05, 3.63) is 95.1 Å². The summed E-state index contributed by atoms with van der Waals surface area (Å²) in [4.78, 5) is 24.0. The summed E-state index contributed by atoms with van der Waals surface area (Å²) in [5.41, 5.74) is 3.36. The van der Waals surface area contributed by atoms with E-state index < -0.39 is 0 Å². The molecule has 0 fully saturated rings. The van der Waals surface area contributed by atoms with E-state index in [2.05, 4.69) is 28.1 Å². The first kappa shape index (κ1) is 24.7. The second-order valence-electron chi connectivity index (χ2n) is 7.30. The highest BCUT2D eigenvalue weighted by Crippen LogP contribution is 2.21. The Labute approximate surface area is 196 Å². The van der Waals surface area contributed by atoms with Crippen molar-refractivity contribution in [2.75, 3.05) is 6.61 Å². The summed E-state index contributed by atoms with van der Waals surface area (Å²) in [5, 5.41) is 0. The predicted octanol–water partition coefficient (Wildman–Crippen LogP) is 5.18. The van der Waals surface area contributed by atoms with Gasteiger partial charge in [0.2, 0.25) is 5.88 Å². The predicted molar refractivity (Wildman–Crippen MR) is 130 cm³/mol. The Morgan fingerprint density at radius 3 is 2.24 bits per heavy atom. The van der Waals surface area contributed by atoms with E-state index in [9.17, 15) is 13.6 Å². The third-order valence-corrected chi connectivity index (χ3v) is 5.16. The van der Waals surface area contributed by atoms with Gasteiger partial charge in [-0.25, -0.2) is 13.8 Å². The molecule has 0 spiro atoms. The lowest BCUT2D eigenvalue weighted by Gasteiger charge is -2.11. The van der Waals surface area contributed by atoms with E-state index in [4.69, 9.17) is 4.74 Å². The Bertz CT molecular complexity index is 1400. The van der Waals surface area contributed by atoms with E-state index in [1.807, 2.05) is 13.8 Å². The lowest BCUT2D eigenvalue weighted by molar-refractivity contribution is 0.350. The van der Waals surface area contributed by atoms with E-state index in [-0.39, 0.29) is 17.2 Å². The fourth-order valence-electron chi connectivity index (χ4n) is 3.59. The van der Waals surface area contributed by atoms with E-state index >= 15 is 0 Å². The topological polar surface area (TPSA) is 69.9 Å². The molecule has 6 nitrogen and oxygen atoms in total. The van der Waals surface area contributed by atoms with Crippen LogP contribution in [0.4, 0.5) is 8.78 Å². The minimum absolute atomic E-state index is 0.167. The van der Waals surface area contributed by atoms with Gasteiger partial charge in [-0.2, -0.15) is 0 Å². The Hall–Kier alpha value is -3.94. The van der Waals surface area contributed by atoms with E-state index in [1.54, 1.807) is 30.4 Å². The molecular formula is C26H26F2N4O2. The quantitative estimate of drug-likeness (QED) is 0.353. The second-order valence-corrected chi connectivity index (χ2v) is 7.30. The summed E-state index contributed by atoms with van der Waals surface area (Å²) in [6.45, 7) is 11.6. The highest BCUT2D eigenvalue weighted by Gasteiger charge is 2.12. The van der Waals surface area contributed by atoms with Crippen LogP contribution in [-0.4, -0.2) is 26.1 Å². The van der Waals surface area contributed by atoms with Crippen molar-refractivity contribution in [3.63, 3.8) is 0 Å². The van der Waals surface area contributed by atoms with Gasteiger partial charge in [-0.15, -0.1) is 6.58 Å². The van der Waals surface area contributed by atoms with Crippen LogP contribution in [0.1, 0.15) is 25.0 Å². The fourth-order valence-corrected chi connectivity index (χ4v) is 3.59. The molecule has 0 bridgehead atoms. The van der Waals surface area contributed by atoms with E-state index in [0.29, 0.717) is 65.1 Å². The third-order valence-electron chi connectivity index (χ3n) is 5.16. The van der Waals surface area contributed by atoms with Crippen molar-refractivity contribution in [1.82, 2.24) is 19.5 Å². The number of rotatable bonds is 7. The van der Waals surface area contributed by atoms with Crippen molar-refractivity contribution >= 4 is 22.1 Å². The van der Waals surface area contributed by atoms with Gasteiger partial charge in [0.15, 0.2) is 0 Å². The SMILES string of the molecule is C=CCOc1ccc2ncc(F)c(CC)c2n1.C=CCn1c(=O)ccc2ncc(F)c(CC)c21. The molecule has 0 aliphatic carbocycles. The number of hydrogen-bond donors (Lipinski definition) is 0. The van der Waals surface area contributed by atoms with Crippen molar-refractivity contribution in [3.8, 4) is 5.88 Å². The first-order chi connectivity index (χ1) is 16.4. The molecular weight excluding hydrogens is 438 g/mol. The Morgan fingerprint density at radius 1 is 0.941 bits per heavy atom. The molecule has 4 heterocycles. The molecule has 0 aromatic carbocycles. The maximum Gasteiger partial charge on any atom is 0.251 e. The monoisotopic (exact) mass is 464 g/mol. The molecule has 0 N–H and O–H groups in total. The maximum atomic E-state index is 13.7. The average molecular weight is 465 g/mol. The van der Waals surface area contributed by atoms with Crippen molar-refractivity contribution in [1.29, 1.82) is 0 Å². The molecule has 4 rings (SSSR count). The molecule has 0 aliphatic heterocycles. The van der Waals surface area contributed by atoms with Crippen molar-refractivity contribution in [2.45, 2.75) is 33.2 Å². The van der Waals surface area contributed by atoms with Crippen LogP contribution in [-0.2, 0) is 19.4 Å². The number of fused-ring (bicyclic) bond motifs is 2. The zero-order chi connectivity index (χ0) is 24.7. The van der Waals surface area contributed by atoms with Crippen LogP contribution < -0.4 is 10.3 Å². The first-order valence-corrected chi connectivity index (χ1v) is 10.9. The molecule has 0 saturated heterocycles. The molecule has 4 aromatic rings. The number of halogens is 2. The lowest BCUT2D eigenvalue weighted by Crippen LogP contribution is -2.20. The van der Waals surface area contributed by atoms with Gasteiger partial charge >= 0.3 is 0 Å². The Balaban J connectivity index is 0.000000191. The molecule has 176 valence electrons.